The van der Waals surface area contributed by atoms with Gasteiger partial charge in [0.15, 0.2) is 0 Å². The zero-order chi connectivity index (χ0) is 20.8. The second-order valence-corrected chi connectivity index (χ2v) is 7.40. The van der Waals surface area contributed by atoms with Gasteiger partial charge in [-0.2, -0.15) is 0 Å². The number of fused-ring (bicyclic) bond motifs is 1. The predicted octanol–water partition coefficient (Wildman–Crippen LogP) is 3.26. The van der Waals surface area contributed by atoms with E-state index in [4.69, 9.17) is 0 Å². The third-order valence-corrected chi connectivity index (χ3v) is 5.55. The summed E-state index contributed by atoms with van der Waals surface area (Å²) < 4.78 is 0. The number of nitrogens with zero attached hydrogens (tertiary/aromatic N) is 5. The molecule has 1 aromatic heterocycles. The van der Waals surface area contributed by atoms with Gasteiger partial charge in [-0.3, -0.25) is 14.5 Å². The SMILES string of the molecule is O=Nc1c(CN2C(=O)C3=C(CCCC3)C2=O)cc(O)cc1-n1nc2ccccc2n1. The maximum Gasteiger partial charge on any atom is 0.257 e. The van der Waals surface area contributed by atoms with Crippen molar-refractivity contribution in [1.82, 2.24) is 19.9 Å². The molecule has 0 saturated heterocycles. The quantitative estimate of drug-likeness (QED) is 0.528. The van der Waals surface area contributed by atoms with Crippen LogP contribution in [0.1, 0.15) is 31.2 Å². The molecule has 0 radical (unpaired) electrons. The third-order valence-electron chi connectivity index (χ3n) is 5.55. The van der Waals surface area contributed by atoms with E-state index >= 15 is 0 Å². The van der Waals surface area contributed by atoms with Crippen molar-refractivity contribution in [2.75, 3.05) is 0 Å². The Kier molecular flexibility index (Phi) is 4.16. The number of amides is 2. The van der Waals surface area contributed by atoms with Gasteiger partial charge in [0, 0.05) is 22.8 Å². The summed E-state index contributed by atoms with van der Waals surface area (Å²) in [4.78, 5) is 39.6. The molecule has 2 heterocycles. The molecule has 3 aromatic rings. The highest BCUT2D eigenvalue weighted by Gasteiger charge is 2.39. The van der Waals surface area contributed by atoms with E-state index in [0.29, 0.717) is 35.0 Å². The van der Waals surface area contributed by atoms with Crippen LogP contribution in [0.2, 0.25) is 0 Å². The number of nitroso groups, excluding NO2 is 1. The molecule has 2 aromatic carbocycles. The van der Waals surface area contributed by atoms with E-state index in [2.05, 4.69) is 15.4 Å². The molecule has 2 aliphatic rings. The summed E-state index contributed by atoms with van der Waals surface area (Å²) in [7, 11) is 0. The van der Waals surface area contributed by atoms with Gasteiger partial charge >= 0.3 is 0 Å². The minimum atomic E-state index is -0.334. The van der Waals surface area contributed by atoms with Crippen LogP contribution in [0.15, 0.2) is 52.7 Å². The van der Waals surface area contributed by atoms with Gasteiger partial charge < -0.3 is 5.11 Å². The summed E-state index contributed by atoms with van der Waals surface area (Å²) in [6.45, 7) is -0.159. The number of benzene rings is 2. The minimum Gasteiger partial charge on any atom is -0.508 e. The highest BCUT2D eigenvalue weighted by molar-refractivity contribution is 6.19. The van der Waals surface area contributed by atoms with Crippen LogP contribution in [0.4, 0.5) is 5.69 Å². The van der Waals surface area contributed by atoms with Gasteiger partial charge in [0.2, 0.25) is 0 Å². The van der Waals surface area contributed by atoms with Crippen LogP contribution in [0.25, 0.3) is 16.7 Å². The lowest BCUT2D eigenvalue weighted by atomic mass is 9.93. The van der Waals surface area contributed by atoms with Crippen LogP contribution in [-0.4, -0.2) is 36.8 Å². The first-order valence-corrected chi connectivity index (χ1v) is 9.67. The highest BCUT2D eigenvalue weighted by atomic mass is 16.3. The summed E-state index contributed by atoms with van der Waals surface area (Å²) in [5.74, 6) is -0.815. The molecule has 0 fully saturated rings. The van der Waals surface area contributed by atoms with Crippen LogP contribution in [0, 0.1) is 4.91 Å². The zero-order valence-corrected chi connectivity index (χ0v) is 15.9. The molecule has 5 rings (SSSR count). The Bertz CT molecular complexity index is 1200. The van der Waals surface area contributed by atoms with E-state index in [1.54, 1.807) is 12.1 Å². The molecule has 2 amide bonds. The molecule has 30 heavy (non-hydrogen) atoms. The van der Waals surface area contributed by atoms with Gasteiger partial charge in [-0.05, 0) is 49.1 Å². The first-order chi connectivity index (χ1) is 14.6. The van der Waals surface area contributed by atoms with Crippen molar-refractivity contribution < 1.29 is 14.7 Å². The topological polar surface area (TPSA) is 118 Å². The Balaban J connectivity index is 1.56. The first-order valence-electron chi connectivity index (χ1n) is 9.67. The summed E-state index contributed by atoms with van der Waals surface area (Å²) in [6, 6.07) is 9.83. The largest absolute Gasteiger partial charge is 0.508 e. The Morgan fingerprint density at radius 3 is 2.13 bits per heavy atom. The van der Waals surface area contributed by atoms with E-state index in [-0.39, 0.29) is 41.0 Å². The lowest BCUT2D eigenvalue weighted by molar-refractivity contribution is -0.138. The van der Waals surface area contributed by atoms with Crippen LogP contribution in [0.3, 0.4) is 0 Å². The molecule has 1 aliphatic heterocycles. The van der Waals surface area contributed by atoms with Crippen molar-refractivity contribution in [3.05, 3.63) is 58.0 Å². The minimum absolute atomic E-state index is 0.0291. The third kappa shape index (κ3) is 2.78. The van der Waals surface area contributed by atoms with Crippen molar-refractivity contribution in [3.63, 3.8) is 0 Å². The van der Waals surface area contributed by atoms with Gasteiger partial charge in [-0.15, -0.1) is 19.9 Å². The van der Waals surface area contributed by atoms with Gasteiger partial charge in [-0.1, -0.05) is 12.1 Å². The van der Waals surface area contributed by atoms with E-state index in [9.17, 15) is 19.6 Å². The Morgan fingerprint density at radius 2 is 1.57 bits per heavy atom. The van der Waals surface area contributed by atoms with Crippen LogP contribution >= 0.6 is 0 Å². The van der Waals surface area contributed by atoms with Gasteiger partial charge in [0.1, 0.15) is 28.2 Å². The number of hydrogen-bond acceptors (Lipinski definition) is 7. The number of aromatic hydroxyl groups is 1. The van der Waals surface area contributed by atoms with Gasteiger partial charge in [0.05, 0.1) is 6.54 Å². The second-order valence-electron chi connectivity index (χ2n) is 7.40. The van der Waals surface area contributed by atoms with Crippen molar-refractivity contribution in [2.45, 2.75) is 32.2 Å². The molecular weight excluding hydrogens is 386 g/mol. The van der Waals surface area contributed by atoms with E-state index < -0.39 is 0 Å². The highest BCUT2D eigenvalue weighted by Crippen LogP contribution is 2.37. The average Bonchev–Trinajstić information content (AvgIpc) is 3.29. The number of hydrogen-bond donors (Lipinski definition) is 1. The van der Waals surface area contributed by atoms with Crippen LogP contribution in [-0.2, 0) is 16.1 Å². The first kappa shape index (κ1) is 18.2. The normalized spacial score (nSPS) is 16.5. The number of carbonyl (C=O) groups excluding carboxylic acids is 2. The van der Waals surface area contributed by atoms with Crippen LogP contribution in [0.5, 0.6) is 5.75 Å². The maximum atomic E-state index is 12.8. The molecule has 150 valence electrons. The number of phenolic OH excluding ortho intramolecular Hbond substituents is 1. The Labute approximate surface area is 170 Å². The fourth-order valence-electron chi connectivity index (χ4n) is 4.12. The molecule has 1 aliphatic carbocycles. The number of imide groups is 1. The summed E-state index contributed by atoms with van der Waals surface area (Å²) >= 11 is 0. The number of rotatable bonds is 4. The van der Waals surface area contributed by atoms with E-state index in [1.807, 2.05) is 12.1 Å². The molecule has 0 bridgehead atoms. The molecule has 1 N–H and O–H groups in total. The molecule has 0 unspecified atom stereocenters. The lowest BCUT2D eigenvalue weighted by Gasteiger charge is -2.17. The Hall–Kier alpha value is -3.88. The maximum absolute atomic E-state index is 12.8. The summed E-state index contributed by atoms with van der Waals surface area (Å²) in [5, 5.41) is 22.0. The molecule has 0 saturated carbocycles. The monoisotopic (exact) mass is 403 g/mol. The Morgan fingerprint density at radius 1 is 0.967 bits per heavy atom. The van der Waals surface area contributed by atoms with Crippen molar-refractivity contribution in [1.29, 1.82) is 0 Å². The molecular formula is C21H17N5O4. The standard InChI is InChI=1S/C21H17N5O4/c27-13-9-12(11-25-20(28)14-5-1-2-6-15(14)21(25)29)19(24-30)18(10-13)26-22-16-7-3-4-8-17(16)23-26/h3-4,7-10,27H,1-2,5-6,11H2. The smallest absolute Gasteiger partial charge is 0.257 e. The zero-order valence-electron chi connectivity index (χ0n) is 15.9. The van der Waals surface area contributed by atoms with Gasteiger partial charge in [-0.25, -0.2) is 0 Å². The fourth-order valence-corrected chi connectivity index (χ4v) is 4.12. The second kappa shape index (κ2) is 6.87. The average molecular weight is 403 g/mol. The molecule has 0 spiro atoms. The number of aromatic nitrogens is 3. The molecule has 9 heteroatoms. The summed E-state index contributed by atoms with van der Waals surface area (Å²) in [5.41, 5.74) is 2.75. The number of phenols is 1. The van der Waals surface area contributed by atoms with Crippen molar-refractivity contribution >= 4 is 28.5 Å². The van der Waals surface area contributed by atoms with Gasteiger partial charge in [0.25, 0.3) is 11.8 Å². The molecule has 0 atom stereocenters. The van der Waals surface area contributed by atoms with Crippen molar-refractivity contribution in [2.24, 2.45) is 5.18 Å². The van der Waals surface area contributed by atoms with E-state index in [1.165, 1.54) is 16.9 Å². The number of carbonyl (C=O) groups is 2. The lowest BCUT2D eigenvalue weighted by Crippen LogP contribution is -2.31. The van der Waals surface area contributed by atoms with E-state index in [0.717, 1.165) is 17.7 Å². The summed E-state index contributed by atoms with van der Waals surface area (Å²) in [6.07, 6.45) is 2.93. The predicted molar refractivity (Wildman–Crippen MR) is 107 cm³/mol. The molecule has 9 nitrogen and oxygen atoms in total. The van der Waals surface area contributed by atoms with Crippen molar-refractivity contribution in [3.8, 4) is 11.4 Å². The fraction of sp³-hybridized carbons (Fsp3) is 0.238. The van der Waals surface area contributed by atoms with Crippen LogP contribution < -0.4 is 0 Å².